The standard InChI is InChI=1S/C24H31NO5S/c1-7-29-24(27)19-17-12-18(13(2)3)30-20(14(4)5)21(17)31-23(19)25-22(26)15-8-10-16(28-6)11-9-15/h8-11,13-14,18,20H,7,12H2,1-6H3,(H,25,26)/t18-,20+/m1/s1. The maximum Gasteiger partial charge on any atom is 0.341 e. The van der Waals surface area contributed by atoms with Crippen LogP contribution in [0.2, 0.25) is 0 Å². The number of thiophene rings is 1. The molecule has 2 atom stereocenters. The van der Waals surface area contributed by atoms with Crippen LogP contribution in [0, 0.1) is 11.8 Å². The summed E-state index contributed by atoms with van der Waals surface area (Å²) < 4.78 is 16.9. The summed E-state index contributed by atoms with van der Waals surface area (Å²) in [6.07, 6.45) is 0.507. The fourth-order valence-electron chi connectivity index (χ4n) is 3.69. The van der Waals surface area contributed by atoms with Crippen molar-refractivity contribution in [2.24, 2.45) is 11.8 Å². The van der Waals surface area contributed by atoms with Crippen LogP contribution >= 0.6 is 11.3 Å². The van der Waals surface area contributed by atoms with E-state index in [2.05, 4.69) is 33.0 Å². The number of rotatable bonds is 7. The summed E-state index contributed by atoms with van der Waals surface area (Å²) in [5, 5.41) is 3.46. The average molecular weight is 446 g/mol. The van der Waals surface area contributed by atoms with E-state index in [1.807, 2.05) is 0 Å². The molecule has 1 aliphatic heterocycles. The Morgan fingerprint density at radius 3 is 2.39 bits per heavy atom. The second-order valence-corrected chi connectivity index (χ2v) is 9.39. The highest BCUT2D eigenvalue weighted by Gasteiger charge is 2.38. The van der Waals surface area contributed by atoms with Crippen molar-refractivity contribution in [2.75, 3.05) is 19.0 Å². The van der Waals surface area contributed by atoms with E-state index in [1.54, 1.807) is 38.3 Å². The lowest BCUT2D eigenvalue weighted by Crippen LogP contribution is -2.32. The van der Waals surface area contributed by atoms with E-state index in [-0.39, 0.29) is 30.6 Å². The van der Waals surface area contributed by atoms with Crippen LogP contribution in [0.4, 0.5) is 5.00 Å². The second kappa shape index (κ2) is 9.83. The Balaban J connectivity index is 2.02. The van der Waals surface area contributed by atoms with E-state index in [1.165, 1.54) is 11.3 Å². The number of amides is 1. The van der Waals surface area contributed by atoms with Crippen LogP contribution in [-0.4, -0.2) is 31.7 Å². The topological polar surface area (TPSA) is 73.9 Å². The zero-order valence-corrected chi connectivity index (χ0v) is 19.8. The molecule has 1 amide bonds. The predicted molar refractivity (Wildman–Crippen MR) is 122 cm³/mol. The molecule has 0 fully saturated rings. The SMILES string of the molecule is CCOC(=O)c1c(NC(=O)c2ccc(OC)cc2)sc2c1C[C@H](C(C)C)O[C@H]2C(C)C. The molecule has 0 bridgehead atoms. The monoisotopic (exact) mass is 445 g/mol. The van der Waals surface area contributed by atoms with Gasteiger partial charge in [-0.05, 0) is 48.6 Å². The van der Waals surface area contributed by atoms with Crippen LogP contribution < -0.4 is 10.1 Å². The van der Waals surface area contributed by atoms with Gasteiger partial charge in [-0.2, -0.15) is 0 Å². The molecule has 0 aliphatic carbocycles. The second-order valence-electron chi connectivity index (χ2n) is 8.34. The third-order valence-corrected chi connectivity index (χ3v) is 6.64. The maximum atomic E-state index is 12.9. The van der Waals surface area contributed by atoms with Gasteiger partial charge in [-0.25, -0.2) is 4.79 Å². The highest BCUT2D eigenvalue weighted by Crippen LogP contribution is 2.46. The zero-order chi connectivity index (χ0) is 22.7. The van der Waals surface area contributed by atoms with Crippen molar-refractivity contribution in [3.05, 3.63) is 45.8 Å². The van der Waals surface area contributed by atoms with Crippen LogP contribution in [-0.2, 0) is 15.9 Å². The van der Waals surface area contributed by atoms with Gasteiger partial charge in [-0.15, -0.1) is 11.3 Å². The minimum absolute atomic E-state index is 0.00724. The molecule has 0 saturated heterocycles. The Labute approximate surface area is 187 Å². The van der Waals surface area contributed by atoms with E-state index in [4.69, 9.17) is 14.2 Å². The Kier molecular flexibility index (Phi) is 7.38. The van der Waals surface area contributed by atoms with Crippen molar-refractivity contribution in [2.45, 2.75) is 53.2 Å². The van der Waals surface area contributed by atoms with Crippen LogP contribution in [0.5, 0.6) is 5.75 Å². The number of benzene rings is 1. The molecule has 168 valence electrons. The van der Waals surface area contributed by atoms with E-state index in [0.717, 1.165) is 10.4 Å². The number of hydrogen-bond acceptors (Lipinski definition) is 6. The van der Waals surface area contributed by atoms with Crippen molar-refractivity contribution in [3.8, 4) is 5.75 Å². The quantitative estimate of drug-likeness (QED) is 0.571. The average Bonchev–Trinajstić information content (AvgIpc) is 3.10. The number of methoxy groups -OCH3 is 1. The van der Waals surface area contributed by atoms with E-state index in [0.29, 0.717) is 34.2 Å². The van der Waals surface area contributed by atoms with Gasteiger partial charge in [0.25, 0.3) is 5.91 Å². The van der Waals surface area contributed by atoms with E-state index < -0.39 is 5.97 Å². The molecule has 1 aliphatic rings. The minimum atomic E-state index is -0.406. The summed E-state index contributed by atoms with van der Waals surface area (Å²) in [5.74, 6) is 0.527. The van der Waals surface area contributed by atoms with Crippen LogP contribution in [0.1, 0.15) is 71.9 Å². The van der Waals surface area contributed by atoms with Gasteiger partial charge in [-0.1, -0.05) is 27.7 Å². The van der Waals surface area contributed by atoms with Crippen molar-refractivity contribution in [1.29, 1.82) is 0 Å². The molecule has 3 rings (SSSR count). The number of nitrogens with one attached hydrogen (secondary N) is 1. The van der Waals surface area contributed by atoms with Crippen molar-refractivity contribution >= 4 is 28.2 Å². The van der Waals surface area contributed by atoms with E-state index >= 15 is 0 Å². The Bertz CT molecular complexity index is 932. The lowest BCUT2D eigenvalue weighted by molar-refractivity contribution is -0.0671. The largest absolute Gasteiger partial charge is 0.497 e. The molecule has 2 heterocycles. The maximum absolute atomic E-state index is 12.9. The lowest BCUT2D eigenvalue weighted by atomic mass is 9.89. The molecular weight excluding hydrogens is 414 g/mol. The van der Waals surface area contributed by atoms with Gasteiger partial charge in [0.1, 0.15) is 10.8 Å². The number of hydrogen-bond donors (Lipinski definition) is 1. The van der Waals surface area contributed by atoms with Crippen molar-refractivity contribution in [1.82, 2.24) is 0 Å². The Morgan fingerprint density at radius 2 is 1.84 bits per heavy atom. The summed E-state index contributed by atoms with van der Waals surface area (Å²) in [7, 11) is 1.58. The predicted octanol–water partition coefficient (Wildman–Crippen LogP) is 5.48. The van der Waals surface area contributed by atoms with E-state index in [9.17, 15) is 9.59 Å². The number of anilines is 1. The molecule has 1 aromatic carbocycles. The molecule has 7 heteroatoms. The van der Waals surface area contributed by atoms with Crippen LogP contribution in [0.15, 0.2) is 24.3 Å². The highest BCUT2D eigenvalue weighted by molar-refractivity contribution is 7.17. The number of carbonyl (C=O) groups excluding carboxylic acids is 2. The van der Waals surface area contributed by atoms with Crippen LogP contribution in [0.3, 0.4) is 0 Å². The van der Waals surface area contributed by atoms with Gasteiger partial charge in [0.15, 0.2) is 0 Å². The fourth-order valence-corrected chi connectivity index (χ4v) is 5.12. The van der Waals surface area contributed by atoms with Crippen molar-refractivity contribution < 1.29 is 23.8 Å². The Hall–Kier alpha value is -2.38. The molecule has 31 heavy (non-hydrogen) atoms. The van der Waals surface area contributed by atoms with Gasteiger partial charge in [0.2, 0.25) is 0 Å². The third kappa shape index (κ3) is 4.93. The summed E-state index contributed by atoms with van der Waals surface area (Å²) in [5.41, 5.74) is 1.89. The fraction of sp³-hybridized carbons (Fsp3) is 0.500. The highest BCUT2D eigenvalue weighted by atomic mass is 32.1. The molecule has 0 radical (unpaired) electrons. The minimum Gasteiger partial charge on any atom is -0.497 e. The first-order valence-corrected chi connectivity index (χ1v) is 11.5. The lowest BCUT2D eigenvalue weighted by Gasteiger charge is -2.34. The molecule has 1 N–H and O–H groups in total. The summed E-state index contributed by atoms with van der Waals surface area (Å²) in [4.78, 5) is 26.8. The third-order valence-electron chi connectivity index (χ3n) is 5.43. The van der Waals surface area contributed by atoms with Gasteiger partial charge in [0, 0.05) is 16.9 Å². The smallest absolute Gasteiger partial charge is 0.341 e. The molecule has 1 aromatic heterocycles. The van der Waals surface area contributed by atoms with Gasteiger partial charge in [-0.3, -0.25) is 4.79 Å². The van der Waals surface area contributed by atoms with Gasteiger partial charge >= 0.3 is 5.97 Å². The number of carbonyl (C=O) groups is 2. The molecule has 2 aromatic rings. The zero-order valence-electron chi connectivity index (χ0n) is 19.0. The molecule has 0 saturated carbocycles. The van der Waals surface area contributed by atoms with Crippen LogP contribution in [0.25, 0.3) is 0 Å². The van der Waals surface area contributed by atoms with Crippen molar-refractivity contribution in [3.63, 3.8) is 0 Å². The summed E-state index contributed by atoms with van der Waals surface area (Å²) in [6.45, 7) is 10.5. The summed E-state index contributed by atoms with van der Waals surface area (Å²) >= 11 is 1.41. The molecule has 6 nitrogen and oxygen atoms in total. The molecular formula is C24H31NO5S. The first kappa shape index (κ1) is 23.3. The normalized spacial score (nSPS) is 18.1. The first-order valence-electron chi connectivity index (χ1n) is 10.7. The molecule has 0 unspecified atom stereocenters. The Morgan fingerprint density at radius 1 is 1.16 bits per heavy atom. The first-order chi connectivity index (χ1) is 14.8. The number of ether oxygens (including phenoxy) is 3. The number of esters is 1. The molecule has 0 spiro atoms. The number of fused-ring (bicyclic) bond motifs is 1. The summed E-state index contributed by atoms with van der Waals surface area (Å²) in [6, 6.07) is 6.86. The van der Waals surface area contributed by atoms with Gasteiger partial charge in [0.05, 0.1) is 31.5 Å². The van der Waals surface area contributed by atoms with Gasteiger partial charge < -0.3 is 19.5 Å².